The van der Waals surface area contributed by atoms with Crippen molar-refractivity contribution in [3.05, 3.63) is 38.8 Å². The second-order valence-corrected chi connectivity index (χ2v) is 3.83. The predicted molar refractivity (Wildman–Crippen MR) is 56.3 cm³/mol. The Morgan fingerprint density at radius 1 is 1.20 bits per heavy atom. The van der Waals surface area contributed by atoms with E-state index in [9.17, 15) is 13.2 Å². The summed E-state index contributed by atoms with van der Waals surface area (Å²) in [5.74, 6) is 0. The van der Waals surface area contributed by atoms with E-state index in [1.165, 1.54) is 18.2 Å². The molecular weight excluding hydrogens is 271 g/mol. The summed E-state index contributed by atoms with van der Waals surface area (Å²) in [7, 11) is 0. The van der Waals surface area contributed by atoms with Crippen molar-refractivity contribution < 1.29 is 13.2 Å². The fourth-order valence-electron chi connectivity index (χ4n) is 0.850. The quantitative estimate of drug-likeness (QED) is 0.666. The standard InChI is InChI=1S/C9H4Cl3F3/c10-6-3-1-2-5(8(6)12)4-7(11)9(13,14)15/h1-4H. The fraction of sp³-hybridized carbons (Fsp3) is 0.111. The molecule has 82 valence electrons. The third-order valence-corrected chi connectivity index (χ3v) is 2.69. The minimum atomic E-state index is -4.58. The van der Waals surface area contributed by atoms with Gasteiger partial charge in [-0.3, -0.25) is 0 Å². The second kappa shape index (κ2) is 4.64. The monoisotopic (exact) mass is 274 g/mol. The molecule has 0 aliphatic carbocycles. The van der Waals surface area contributed by atoms with Crippen molar-refractivity contribution in [1.29, 1.82) is 0 Å². The van der Waals surface area contributed by atoms with Gasteiger partial charge in [0.1, 0.15) is 5.03 Å². The normalized spacial score (nSPS) is 13.1. The number of allylic oxidation sites excluding steroid dienone is 1. The van der Waals surface area contributed by atoms with Crippen LogP contribution < -0.4 is 0 Å². The molecule has 1 rings (SSSR count). The molecule has 0 aliphatic rings. The van der Waals surface area contributed by atoms with Crippen molar-refractivity contribution in [3.63, 3.8) is 0 Å². The predicted octanol–water partition coefficient (Wildman–Crippen LogP) is 5.14. The maximum atomic E-state index is 12.1. The summed E-state index contributed by atoms with van der Waals surface area (Å²) in [5.41, 5.74) is 0.131. The van der Waals surface area contributed by atoms with E-state index in [1.54, 1.807) is 0 Å². The van der Waals surface area contributed by atoms with Gasteiger partial charge in [0.2, 0.25) is 0 Å². The van der Waals surface area contributed by atoms with Crippen LogP contribution in [0.25, 0.3) is 6.08 Å². The van der Waals surface area contributed by atoms with Gasteiger partial charge in [0.15, 0.2) is 0 Å². The van der Waals surface area contributed by atoms with Gasteiger partial charge >= 0.3 is 6.18 Å². The fourth-order valence-corrected chi connectivity index (χ4v) is 1.33. The molecule has 0 fully saturated rings. The van der Waals surface area contributed by atoms with Gasteiger partial charge in [0.05, 0.1) is 10.0 Å². The number of halogens is 6. The Balaban J connectivity index is 3.15. The average Bonchev–Trinajstić information content (AvgIpc) is 2.11. The van der Waals surface area contributed by atoms with Crippen LogP contribution >= 0.6 is 34.8 Å². The molecule has 0 atom stereocenters. The van der Waals surface area contributed by atoms with Crippen molar-refractivity contribution in [2.75, 3.05) is 0 Å². The number of benzene rings is 1. The Kier molecular flexibility index (Phi) is 3.93. The Labute approximate surface area is 99.2 Å². The molecule has 6 heteroatoms. The summed E-state index contributed by atoms with van der Waals surface area (Å²) < 4.78 is 36.3. The average molecular weight is 275 g/mol. The molecule has 0 aromatic heterocycles. The lowest BCUT2D eigenvalue weighted by molar-refractivity contribution is -0.0836. The molecule has 0 radical (unpaired) electrons. The summed E-state index contributed by atoms with van der Waals surface area (Å²) in [6.45, 7) is 0. The number of hydrogen-bond donors (Lipinski definition) is 0. The van der Waals surface area contributed by atoms with E-state index in [-0.39, 0.29) is 15.6 Å². The number of hydrogen-bond acceptors (Lipinski definition) is 0. The van der Waals surface area contributed by atoms with Crippen LogP contribution in [0.2, 0.25) is 10.0 Å². The molecule has 0 N–H and O–H groups in total. The van der Waals surface area contributed by atoms with E-state index in [1.807, 2.05) is 0 Å². The van der Waals surface area contributed by atoms with Crippen LogP contribution in [0.1, 0.15) is 5.56 Å². The summed E-state index contributed by atoms with van der Waals surface area (Å²) >= 11 is 16.4. The third-order valence-electron chi connectivity index (χ3n) is 1.53. The molecule has 1 aromatic carbocycles. The molecule has 1 aromatic rings. The zero-order chi connectivity index (χ0) is 11.6. The first-order valence-electron chi connectivity index (χ1n) is 3.71. The molecule has 0 saturated carbocycles. The Hall–Kier alpha value is -0.380. The third kappa shape index (κ3) is 3.30. The molecule has 0 bridgehead atoms. The summed E-state index contributed by atoms with van der Waals surface area (Å²) in [4.78, 5) is 0. The number of alkyl halides is 3. The van der Waals surface area contributed by atoms with Crippen molar-refractivity contribution in [3.8, 4) is 0 Å². The molecule has 0 aliphatic heterocycles. The van der Waals surface area contributed by atoms with Crippen molar-refractivity contribution in [2.24, 2.45) is 0 Å². The molecule has 15 heavy (non-hydrogen) atoms. The van der Waals surface area contributed by atoms with E-state index >= 15 is 0 Å². The molecule has 0 unspecified atom stereocenters. The van der Waals surface area contributed by atoms with Gasteiger partial charge in [-0.05, 0) is 17.7 Å². The lowest BCUT2D eigenvalue weighted by Gasteiger charge is -2.05. The van der Waals surface area contributed by atoms with Crippen LogP contribution in [0.15, 0.2) is 23.2 Å². The Bertz CT molecular complexity index is 396. The van der Waals surface area contributed by atoms with Gasteiger partial charge in [0, 0.05) is 0 Å². The summed E-state index contributed by atoms with van der Waals surface area (Å²) in [5, 5.41) is -1.02. The van der Waals surface area contributed by atoms with E-state index in [4.69, 9.17) is 34.8 Å². The van der Waals surface area contributed by atoms with Crippen LogP contribution in [0.5, 0.6) is 0 Å². The zero-order valence-corrected chi connectivity index (χ0v) is 9.34. The van der Waals surface area contributed by atoms with Crippen LogP contribution in [-0.2, 0) is 0 Å². The van der Waals surface area contributed by atoms with Gasteiger partial charge in [-0.25, -0.2) is 0 Å². The van der Waals surface area contributed by atoms with Crippen LogP contribution in [-0.4, -0.2) is 6.18 Å². The first-order chi connectivity index (χ1) is 6.82. The molecule has 0 spiro atoms. The Morgan fingerprint density at radius 3 is 2.33 bits per heavy atom. The zero-order valence-electron chi connectivity index (χ0n) is 7.08. The van der Waals surface area contributed by atoms with E-state index < -0.39 is 11.2 Å². The largest absolute Gasteiger partial charge is 0.426 e. The first kappa shape index (κ1) is 12.7. The highest BCUT2D eigenvalue weighted by atomic mass is 35.5. The van der Waals surface area contributed by atoms with Crippen LogP contribution in [0.3, 0.4) is 0 Å². The van der Waals surface area contributed by atoms with E-state index in [0.29, 0.717) is 0 Å². The van der Waals surface area contributed by atoms with E-state index in [0.717, 1.165) is 6.08 Å². The van der Waals surface area contributed by atoms with Crippen molar-refractivity contribution in [1.82, 2.24) is 0 Å². The summed E-state index contributed by atoms with van der Waals surface area (Å²) in [6.07, 6.45) is -3.84. The lowest BCUT2D eigenvalue weighted by atomic mass is 10.2. The molecule has 0 amide bonds. The minimum Gasteiger partial charge on any atom is -0.165 e. The summed E-state index contributed by atoms with van der Waals surface area (Å²) in [6, 6.07) is 4.35. The lowest BCUT2D eigenvalue weighted by Crippen LogP contribution is -2.06. The molecule has 0 heterocycles. The highest BCUT2D eigenvalue weighted by Crippen LogP contribution is 2.33. The highest BCUT2D eigenvalue weighted by Gasteiger charge is 2.32. The molecule has 0 saturated heterocycles. The van der Waals surface area contributed by atoms with Crippen LogP contribution in [0.4, 0.5) is 13.2 Å². The smallest absolute Gasteiger partial charge is 0.165 e. The molecular formula is C9H4Cl3F3. The number of rotatable bonds is 1. The Morgan fingerprint density at radius 2 is 1.80 bits per heavy atom. The van der Waals surface area contributed by atoms with Crippen LogP contribution in [0, 0.1) is 0 Å². The van der Waals surface area contributed by atoms with Gasteiger partial charge in [-0.2, -0.15) is 13.2 Å². The maximum absolute atomic E-state index is 12.1. The minimum absolute atomic E-state index is 0.0431. The van der Waals surface area contributed by atoms with E-state index in [2.05, 4.69) is 0 Å². The topological polar surface area (TPSA) is 0 Å². The van der Waals surface area contributed by atoms with Crippen molar-refractivity contribution >= 4 is 40.9 Å². The van der Waals surface area contributed by atoms with Crippen molar-refractivity contribution in [2.45, 2.75) is 6.18 Å². The van der Waals surface area contributed by atoms with Gasteiger partial charge in [-0.15, -0.1) is 0 Å². The molecule has 0 nitrogen and oxygen atoms in total. The first-order valence-corrected chi connectivity index (χ1v) is 4.84. The van der Waals surface area contributed by atoms with Gasteiger partial charge < -0.3 is 0 Å². The van der Waals surface area contributed by atoms with Gasteiger partial charge in [-0.1, -0.05) is 46.9 Å². The highest BCUT2D eigenvalue weighted by molar-refractivity contribution is 6.43. The van der Waals surface area contributed by atoms with Gasteiger partial charge in [0.25, 0.3) is 0 Å². The maximum Gasteiger partial charge on any atom is 0.426 e. The SMILES string of the molecule is FC(F)(F)C(Cl)=Cc1cccc(Cl)c1Cl. The second-order valence-electron chi connectivity index (χ2n) is 2.63.